The minimum atomic E-state index is -0.863. The van der Waals surface area contributed by atoms with Gasteiger partial charge in [-0.1, -0.05) is 25.5 Å². The fourth-order valence-electron chi connectivity index (χ4n) is 2.86. The average Bonchev–Trinajstić information content (AvgIpc) is 2.67. The summed E-state index contributed by atoms with van der Waals surface area (Å²) in [5.41, 5.74) is 0. The van der Waals surface area contributed by atoms with Gasteiger partial charge < -0.3 is 9.84 Å². The van der Waals surface area contributed by atoms with E-state index < -0.39 is 12.3 Å². The summed E-state index contributed by atoms with van der Waals surface area (Å²) in [4.78, 5) is 10.9. The molecular formula is C15H25FO3. The van der Waals surface area contributed by atoms with Crippen LogP contribution in [0.1, 0.15) is 45.4 Å². The SMILES string of the molecule is CC[C@H]1C(F)CC(O)[C@@H]1C/C=C\CCCC(=O)OC. The first kappa shape index (κ1) is 16.2. The van der Waals surface area contributed by atoms with Crippen LogP contribution in [0.2, 0.25) is 0 Å². The van der Waals surface area contributed by atoms with E-state index in [0.29, 0.717) is 6.42 Å². The summed E-state index contributed by atoms with van der Waals surface area (Å²) in [5.74, 6) is -0.169. The fraction of sp³-hybridized carbons (Fsp3) is 0.800. The number of carbonyl (C=O) groups excluding carboxylic acids is 1. The second-order valence-corrected chi connectivity index (χ2v) is 5.23. The number of aliphatic hydroxyl groups excluding tert-OH is 1. The molecule has 110 valence electrons. The molecular weight excluding hydrogens is 247 g/mol. The lowest BCUT2D eigenvalue weighted by Gasteiger charge is -2.19. The second-order valence-electron chi connectivity index (χ2n) is 5.23. The summed E-state index contributed by atoms with van der Waals surface area (Å²) < 4.78 is 18.2. The van der Waals surface area contributed by atoms with Gasteiger partial charge in [-0.2, -0.15) is 0 Å². The summed E-state index contributed by atoms with van der Waals surface area (Å²) in [6.07, 6.45) is 6.41. The number of methoxy groups -OCH3 is 1. The summed E-state index contributed by atoms with van der Waals surface area (Å²) in [7, 11) is 1.39. The van der Waals surface area contributed by atoms with Crippen molar-refractivity contribution < 1.29 is 19.0 Å². The van der Waals surface area contributed by atoms with Crippen molar-refractivity contribution >= 4 is 5.97 Å². The van der Waals surface area contributed by atoms with Crippen molar-refractivity contribution in [2.24, 2.45) is 11.8 Å². The Morgan fingerprint density at radius 2 is 2.16 bits per heavy atom. The van der Waals surface area contributed by atoms with Crippen molar-refractivity contribution in [1.82, 2.24) is 0 Å². The fourth-order valence-corrected chi connectivity index (χ4v) is 2.86. The molecule has 1 rings (SSSR count). The Balaban J connectivity index is 2.25. The molecule has 0 saturated heterocycles. The predicted octanol–water partition coefficient (Wildman–Crippen LogP) is 3.02. The zero-order valence-electron chi connectivity index (χ0n) is 11.8. The Hall–Kier alpha value is -0.900. The zero-order chi connectivity index (χ0) is 14.3. The molecule has 3 nitrogen and oxygen atoms in total. The summed E-state index contributed by atoms with van der Waals surface area (Å²) >= 11 is 0. The van der Waals surface area contributed by atoms with Crippen LogP contribution in [0.3, 0.4) is 0 Å². The van der Waals surface area contributed by atoms with E-state index in [1.54, 1.807) is 0 Å². The van der Waals surface area contributed by atoms with Crippen LogP contribution in [0.25, 0.3) is 0 Å². The highest BCUT2D eigenvalue weighted by Gasteiger charge is 2.40. The predicted molar refractivity (Wildman–Crippen MR) is 72.4 cm³/mol. The van der Waals surface area contributed by atoms with E-state index >= 15 is 0 Å². The van der Waals surface area contributed by atoms with Gasteiger partial charge >= 0.3 is 5.97 Å². The van der Waals surface area contributed by atoms with Crippen LogP contribution >= 0.6 is 0 Å². The van der Waals surface area contributed by atoms with Crippen molar-refractivity contribution in [3.63, 3.8) is 0 Å². The lowest BCUT2D eigenvalue weighted by molar-refractivity contribution is -0.140. The number of hydrogen-bond acceptors (Lipinski definition) is 3. The maximum absolute atomic E-state index is 13.6. The molecule has 0 heterocycles. The summed E-state index contributed by atoms with van der Waals surface area (Å²) in [6, 6.07) is 0. The normalized spacial score (nSPS) is 30.9. The standard InChI is InChI=1S/C15H25FO3/c1-3-11-12(14(17)10-13(11)16)8-6-4-5-7-9-15(18)19-2/h4,6,11-14,17H,3,5,7-10H2,1-2H3/b6-4-/t11-,12-,13?,14?/m1/s1. The molecule has 1 aliphatic carbocycles. The van der Waals surface area contributed by atoms with Crippen molar-refractivity contribution in [2.45, 2.75) is 57.7 Å². The van der Waals surface area contributed by atoms with E-state index in [1.165, 1.54) is 7.11 Å². The quantitative estimate of drug-likeness (QED) is 0.440. The minimum Gasteiger partial charge on any atom is -0.469 e. The topological polar surface area (TPSA) is 46.5 Å². The van der Waals surface area contributed by atoms with Gasteiger partial charge in [0.15, 0.2) is 0 Å². The number of halogens is 1. The largest absolute Gasteiger partial charge is 0.469 e. The first-order valence-corrected chi connectivity index (χ1v) is 7.14. The molecule has 19 heavy (non-hydrogen) atoms. The number of hydrogen-bond donors (Lipinski definition) is 1. The Kier molecular flexibility index (Phi) is 7.06. The second kappa shape index (κ2) is 8.31. The molecule has 0 aromatic rings. The number of alkyl halides is 1. The van der Waals surface area contributed by atoms with Gasteiger partial charge in [-0.25, -0.2) is 4.39 Å². The van der Waals surface area contributed by atoms with E-state index in [2.05, 4.69) is 4.74 Å². The van der Waals surface area contributed by atoms with Gasteiger partial charge in [0.05, 0.1) is 13.2 Å². The molecule has 2 unspecified atom stereocenters. The van der Waals surface area contributed by atoms with Crippen LogP contribution in [0.15, 0.2) is 12.2 Å². The van der Waals surface area contributed by atoms with E-state index in [-0.39, 0.29) is 24.2 Å². The van der Waals surface area contributed by atoms with Crippen LogP contribution in [0.5, 0.6) is 0 Å². The highest BCUT2D eigenvalue weighted by molar-refractivity contribution is 5.68. The van der Waals surface area contributed by atoms with Crippen molar-refractivity contribution in [1.29, 1.82) is 0 Å². The zero-order valence-corrected chi connectivity index (χ0v) is 11.8. The maximum Gasteiger partial charge on any atom is 0.305 e. The van der Waals surface area contributed by atoms with Crippen LogP contribution in [-0.2, 0) is 9.53 Å². The third-order valence-corrected chi connectivity index (χ3v) is 4.00. The highest BCUT2D eigenvalue weighted by atomic mass is 19.1. The lowest BCUT2D eigenvalue weighted by atomic mass is 9.89. The number of carbonyl (C=O) groups is 1. The molecule has 0 bridgehead atoms. The molecule has 1 aliphatic rings. The van der Waals surface area contributed by atoms with E-state index in [4.69, 9.17) is 0 Å². The Morgan fingerprint density at radius 1 is 1.42 bits per heavy atom. The van der Waals surface area contributed by atoms with Gasteiger partial charge in [-0.05, 0) is 31.1 Å². The van der Waals surface area contributed by atoms with Gasteiger partial charge in [0.2, 0.25) is 0 Å². The van der Waals surface area contributed by atoms with Gasteiger partial charge in [0.25, 0.3) is 0 Å². The van der Waals surface area contributed by atoms with Gasteiger partial charge in [0, 0.05) is 12.8 Å². The maximum atomic E-state index is 13.6. The van der Waals surface area contributed by atoms with Gasteiger partial charge in [-0.15, -0.1) is 0 Å². The third-order valence-electron chi connectivity index (χ3n) is 4.00. The van der Waals surface area contributed by atoms with Gasteiger partial charge in [0.1, 0.15) is 6.17 Å². The van der Waals surface area contributed by atoms with Crippen LogP contribution < -0.4 is 0 Å². The monoisotopic (exact) mass is 272 g/mol. The number of unbranched alkanes of at least 4 members (excludes halogenated alkanes) is 1. The lowest BCUT2D eigenvalue weighted by Crippen LogP contribution is -2.19. The smallest absolute Gasteiger partial charge is 0.305 e. The summed E-state index contributed by atoms with van der Waals surface area (Å²) in [5, 5.41) is 9.83. The van der Waals surface area contributed by atoms with Crippen molar-refractivity contribution in [3.05, 3.63) is 12.2 Å². The van der Waals surface area contributed by atoms with Crippen LogP contribution in [0, 0.1) is 11.8 Å². The van der Waals surface area contributed by atoms with Crippen molar-refractivity contribution in [3.8, 4) is 0 Å². The Bertz CT molecular complexity index is 304. The van der Waals surface area contributed by atoms with Crippen LogP contribution in [-0.4, -0.2) is 30.5 Å². The molecule has 0 aromatic carbocycles. The Labute approximate surface area is 114 Å². The number of aliphatic hydroxyl groups is 1. The number of rotatable bonds is 7. The molecule has 4 heteroatoms. The van der Waals surface area contributed by atoms with Gasteiger partial charge in [-0.3, -0.25) is 4.79 Å². The molecule has 1 fully saturated rings. The van der Waals surface area contributed by atoms with E-state index in [0.717, 1.165) is 25.7 Å². The molecule has 1 N–H and O–H groups in total. The van der Waals surface area contributed by atoms with Crippen molar-refractivity contribution in [2.75, 3.05) is 7.11 Å². The number of allylic oxidation sites excluding steroid dienone is 2. The molecule has 1 saturated carbocycles. The number of esters is 1. The molecule has 0 aromatic heterocycles. The third kappa shape index (κ3) is 4.94. The first-order chi connectivity index (χ1) is 9.10. The van der Waals surface area contributed by atoms with E-state index in [9.17, 15) is 14.3 Å². The average molecular weight is 272 g/mol. The van der Waals surface area contributed by atoms with E-state index in [1.807, 2.05) is 19.1 Å². The first-order valence-electron chi connectivity index (χ1n) is 7.14. The molecule has 0 aliphatic heterocycles. The molecule has 0 radical (unpaired) electrons. The van der Waals surface area contributed by atoms with Crippen LogP contribution in [0.4, 0.5) is 4.39 Å². The number of ether oxygens (including phenoxy) is 1. The minimum absolute atomic E-state index is 0.0188. The molecule has 0 amide bonds. The summed E-state index contributed by atoms with van der Waals surface area (Å²) in [6.45, 7) is 1.97. The molecule has 0 spiro atoms. The Morgan fingerprint density at radius 3 is 2.79 bits per heavy atom. The molecule has 4 atom stereocenters. The highest BCUT2D eigenvalue weighted by Crippen LogP contribution is 2.38.